The van der Waals surface area contributed by atoms with E-state index in [1.807, 2.05) is 62.7 Å². The SMILES string of the molecule is Cc1nn(C)c2ncc(NC(=O)c3cc(C)n(-c4ccc5c(c4)OCCO5)c3C)cc12. The summed E-state index contributed by atoms with van der Waals surface area (Å²) in [5, 5.41) is 8.27. The fourth-order valence-corrected chi connectivity index (χ4v) is 4.14. The van der Waals surface area contributed by atoms with E-state index in [1.165, 1.54) is 0 Å². The molecule has 0 saturated heterocycles. The molecule has 1 aliphatic rings. The summed E-state index contributed by atoms with van der Waals surface area (Å²) < 4.78 is 15.1. The maximum Gasteiger partial charge on any atom is 0.257 e. The highest BCUT2D eigenvalue weighted by atomic mass is 16.6. The maximum absolute atomic E-state index is 13.1. The van der Waals surface area contributed by atoms with Crippen LogP contribution < -0.4 is 14.8 Å². The smallest absolute Gasteiger partial charge is 0.257 e. The minimum absolute atomic E-state index is 0.181. The van der Waals surface area contributed by atoms with Crippen LogP contribution in [0.25, 0.3) is 16.7 Å². The first-order valence-corrected chi connectivity index (χ1v) is 10.1. The Kier molecular flexibility index (Phi) is 4.43. The third-order valence-electron chi connectivity index (χ3n) is 5.58. The van der Waals surface area contributed by atoms with Crippen LogP contribution in [0.15, 0.2) is 36.5 Å². The number of aryl methyl sites for hydroxylation is 3. The second kappa shape index (κ2) is 7.16. The molecule has 3 aromatic heterocycles. The van der Waals surface area contributed by atoms with Gasteiger partial charge in [0, 0.05) is 35.6 Å². The number of pyridine rings is 1. The predicted molar refractivity (Wildman–Crippen MR) is 117 cm³/mol. The van der Waals surface area contributed by atoms with Crippen LogP contribution in [0.1, 0.15) is 27.4 Å². The number of hydrogen-bond donors (Lipinski definition) is 1. The van der Waals surface area contributed by atoms with Gasteiger partial charge in [-0.1, -0.05) is 0 Å². The first kappa shape index (κ1) is 19.2. The molecule has 0 fully saturated rings. The monoisotopic (exact) mass is 417 g/mol. The second-order valence-electron chi connectivity index (χ2n) is 7.71. The van der Waals surface area contributed by atoms with Crippen LogP contribution in [0.4, 0.5) is 5.69 Å². The van der Waals surface area contributed by atoms with Crippen LogP contribution in [0.2, 0.25) is 0 Å². The van der Waals surface area contributed by atoms with Crippen molar-refractivity contribution in [1.82, 2.24) is 19.3 Å². The molecule has 0 spiro atoms. The van der Waals surface area contributed by atoms with Crippen molar-refractivity contribution in [3.8, 4) is 17.2 Å². The Morgan fingerprint density at radius 3 is 2.65 bits per heavy atom. The van der Waals surface area contributed by atoms with Crippen molar-refractivity contribution in [2.75, 3.05) is 18.5 Å². The summed E-state index contributed by atoms with van der Waals surface area (Å²) in [7, 11) is 1.85. The average Bonchev–Trinajstić information content (AvgIpc) is 3.22. The molecule has 158 valence electrons. The molecule has 0 aliphatic carbocycles. The van der Waals surface area contributed by atoms with Gasteiger partial charge in [-0.2, -0.15) is 5.10 Å². The Balaban J connectivity index is 1.46. The molecular formula is C23H23N5O3. The number of carbonyl (C=O) groups excluding carboxylic acids is 1. The Labute approximate surface area is 179 Å². The second-order valence-corrected chi connectivity index (χ2v) is 7.71. The van der Waals surface area contributed by atoms with Crippen molar-refractivity contribution in [3.05, 3.63) is 59.2 Å². The van der Waals surface area contributed by atoms with Gasteiger partial charge in [0.25, 0.3) is 5.91 Å². The summed E-state index contributed by atoms with van der Waals surface area (Å²) in [6.07, 6.45) is 1.65. The van der Waals surface area contributed by atoms with Crippen molar-refractivity contribution in [2.45, 2.75) is 20.8 Å². The van der Waals surface area contributed by atoms with Crippen LogP contribution in [0.3, 0.4) is 0 Å². The lowest BCUT2D eigenvalue weighted by Gasteiger charge is -2.20. The molecule has 0 atom stereocenters. The highest BCUT2D eigenvalue weighted by molar-refractivity contribution is 6.06. The van der Waals surface area contributed by atoms with Gasteiger partial charge >= 0.3 is 0 Å². The predicted octanol–water partition coefficient (Wildman–Crippen LogP) is 3.71. The lowest BCUT2D eigenvalue weighted by molar-refractivity contribution is 0.102. The topological polar surface area (TPSA) is 83.2 Å². The molecule has 0 saturated carbocycles. The van der Waals surface area contributed by atoms with Gasteiger partial charge in [-0.25, -0.2) is 4.98 Å². The molecule has 0 bridgehead atoms. The van der Waals surface area contributed by atoms with E-state index in [-0.39, 0.29) is 5.91 Å². The quantitative estimate of drug-likeness (QED) is 0.549. The van der Waals surface area contributed by atoms with E-state index in [2.05, 4.69) is 15.4 Å². The van der Waals surface area contributed by atoms with Gasteiger partial charge in [0.2, 0.25) is 0 Å². The number of rotatable bonds is 3. The minimum Gasteiger partial charge on any atom is -0.486 e. The molecule has 4 heterocycles. The van der Waals surface area contributed by atoms with E-state index < -0.39 is 0 Å². The molecule has 1 amide bonds. The normalized spacial score (nSPS) is 12.9. The Morgan fingerprint density at radius 2 is 1.84 bits per heavy atom. The molecule has 8 nitrogen and oxygen atoms in total. The molecular weight excluding hydrogens is 394 g/mol. The van der Waals surface area contributed by atoms with E-state index in [0.717, 1.165) is 39.6 Å². The van der Waals surface area contributed by atoms with Crippen molar-refractivity contribution in [3.63, 3.8) is 0 Å². The first-order chi connectivity index (χ1) is 14.9. The van der Waals surface area contributed by atoms with Gasteiger partial charge in [0.1, 0.15) is 13.2 Å². The number of aromatic nitrogens is 4. The van der Waals surface area contributed by atoms with Crippen molar-refractivity contribution >= 4 is 22.6 Å². The molecule has 8 heteroatoms. The van der Waals surface area contributed by atoms with E-state index >= 15 is 0 Å². The van der Waals surface area contributed by atoms with E-state index in [4.69, 9.17) is 9.47 Å². The maximum atomic E-state index is 13.1. The molecule has 1 N–H and O–H groups in total. The zero-order valence-corrected chi connectivity index (χ0v) is 17.9. The molecule has 1 aromatic carbocycles. The fourth-order valence-electron chi connectivity index (χ4n) is 4.14. The number of nitrogens with one attached hydrogen (secondary N) is 1. The number of benzene rings is 1. The number of ether oxygens (including phenoxy) is 2. The number of amides is 1. The highest BCUT2D eigenvalue weighted by Crippen LogP contribution is 2.33. The number of anilines is 1. The van der Waals surface area contributed by atoms with Crippen molar-refractivity contribution in [1.29, 1.82) is 0 Å². The van der Waals surface area contributed by atoms with Gasteiger partial charge in [0.15, 0.2) is 17.1 Å². The van der Waals surface area contributed by atoms with Crippen LogP contribution in [0, 0.1) is 20.8 Å². The average molecular weight is 417 g/mol. The summed E-state index contributed by atoms with van der Waals surface area (Å²) in [6.45, 7) is 6.93. The number of fused-ring (bicyclic) bond motifs is 2. The zero-order valence-electron chi connectivity index (χ0n) is 17.9. The zero-order chi connectivity index (χ0) is 21.7. The van der Waals surface area contributed by atoms with Crippen molar-refractivity contribution in [2.24, 2.45) is 7.05 Å². The molecule has 0 unspecified atom stereocenters. The number of hydrogen-bond acceptors (Lipinski definition) is 5. The van der Waals surface area contributed by atoms with Gasteiger partial charge in [0.05, 0.1) is 23.1 Å². The summed E-state index contributed by atoms with van der Waals surface area (Å²) in [5.41, 5.74) is 5.62. The van der Waals surface area contributed by atoms with Gasteiger partial charge in [-0.15, -0.1) is 0 Å². The fraction of sp³-hybridized carbons (Fsp3) is 0.261. The van der Waals surface area contributed by atoms with E-state index in [1.54, 1.807) is 10.9 Å². The summed E-state index contributed by atoms with van der Waals surface area (Å²) >= 11 is 0. The van der Waals surface area contributed by atoms with Crippen molar-refractivity contribution < 1.29 is 14.3 Å². The highest BCUT2D eigenvalue weighted by Gasteiger charge is 2.19. The lowest BCUT2D eigenvalue weighted by Crippen LogP contribution is -2.16. The summed E-state index contributed by atoms with van der Waals surface area (Å²) in [5.74, 6) is 1.28. The van der Waals surface area contributed by atoms with E-state index in [9.17, 15) is 4.79 Å². The molecule has 1 aliphatic heterocycles. The van der Waals surface area contributed by atoms with Crippen LogP contribution in [-0.4, -0.2) is 38.5 Å². The molecule has 31 heavy (non-hydrogen) atoms. The Hall–Kier alpha value is -3.81. The third-order valence-corrected chi connectivity index (χ3v) is 5.58. The Morgan fingerprint density at radius 1 is 1.06 bits per heavy atom. The lowest BCUT2D eigenvalue weighted by atomic mass is 10.2. The van der Waals surface area contributed by atoms with Crippen LogP contribution in [0.5, 0.6) is 11.5 Å². The van der Waals surface area contributed by atoms with Crippen LogP contribution >= 0.6 is 0 Å². The van der Waals surface area contributed by atoms with E-state index in [0.29, 0.717) is 30.2 Å². The standard InChI is InChI=1S/C23H23N5O3/c1-13-9-19(15(3)28(13)17-5-6-20-21(11-17)31-8-7-30-20)23(29)25-16-10-18-14(2)26-27(4)22(18)24-12-16/h5-6,9-12H,7-8H2,1-4H3,(H,25,29). The minimum atomic E-state index is -0.181. The summed E-state index contributed by atoms with van der Waals surface area (Å²) in [6, 6.07) is 9.61. The van der Waals surface area contributed by atoms with Gasteiger partial charge < -0.3 is 19.4 Å². The van der Waals surface area contributed by atoms with Crippen LogP contribution in [-0.2, 0) is 7.05 Å². The number of nitrogens with zero attached hydrogens (tertiary/aromatic N) is 4. The largest absolute Gasteiger partial charge is 0.486 e. The third kappa shape index (κ3) is 3.20. The molecule has 4 aromatic rings. The Bertz CT molecular complexity index is 1330. The molecule has 0 radical (unpaired) electrons. The van der Waals surface area contributed by atoms with Gasteiger partial charge in [-0.05, 0) is 45.0 Å². The van der Waals surface area contributed by atoms with Gasteiger partial charge in [-0.3, -0.25) is 9.48 Å². The summed E-state index contributed by atoms with van der Waals surface area (Å²) in [4.78, 5) is 17.5. The number of carbonyl (C=O) groups is 1. The first-order valence-electron chi connectivity index (χ1n) is 10.1. The molecule has 5 rings (SSSR count).